The Balaban J connectivity index is 1.38. The second-order valence-corrected chi connectivity index (χ2v) is 7.01. The Morgan fingerprint density at radius 1 is 1.13 bits per heavy atom. The third-order valence-electron chi connectivity index (χ3n) is 4.70. The van der Waals surface area contributed by atoms with Crippen molar-refractivity contribution in [2.75, 3.05) is 12.4 Å². The highest BCUT2D eigenvalue weighted by molar-refractivity contribution is 5.91. The zero-order valence-corrected chi connectivity index (χ0v) is 17.3. The lowest BCUT2D eigenvalue weighted by Crippen LogP contribution is -2.35. The molecule has 1 N–H and O–H groups in total. The topological polar surface area (TPSA) is 94.0 Å². The first-order chi connectivity index (χ1) is 15.1. The van der Waals surface area contributed by atoms with Crippen molar-refractivity contribution in [3.8, 4) is 17.1 Å². The number of anilines is 1. The van der Waals surface area contributed by atoms with Crippen LogP contribution in [0.2, 0.25) is 0 Å². The number of hydrogen-bond donors (Lipinski definition) is 1. The fourth-order valence-electron chi connectivity index (χ4n) is 3.16. The summed E-state index contributed by atoms with van der Waals surface area (Å²) in [6.45, 7) is 2.45. The van der Waals surface area contributed by atoms with E-state index in [-0.39, 0.29) is 12.3 Å². The summed E-state index contributed by atoms with van der Waals surface area (Å²) in [4.78, 5) is 20.7. The predicted molar refractivity (Wildman–Crippen MR) is 113 cm³/mol. The van der Waals surface area contributed by atoms with E-state index in [0.29, 0.717) is 18.3 Å². The van der Waals surface area contributed by atoms with Gasteiger partial charge in [0.1, 0.15) is 0 Å². The maximum atomic E-state index is 12.2. The lowest BCUT2D eigenvalue weighted by atomic mass is 10.0. The van der Waals surface area contributed by atoms with Crippen LogP contribution in [0.1, 0.15) is 17.0 Å². The molecule has 1 amide bonds. The van der Waals surface area contributed by atoms with Gasteiger partial charge in [0.15, 0.2) is 5.27 Å². The van der Waals surface area contributed by atoms with Crippen molar-refractivity contribution in [3.63, 3.8) is 0 Å². The summed E-state index contributed by atoms with van der Waals surface area (Å²) in [5.41, 5.74) is 4.62. The van der Waals surface area contributed by atoms with E-state index in [1.807, 2.05) is 61.5 Å². The third-order valence-corrected chi connectivity index (χ3v) is 4.70. The number of aryl methyl sites for hydroxylation is 1. The minimum atomic E-state index is -0.157. The van der Waals surface area contributed by atoms with E-state index >= 15 is 0 Å². The first kappa shape index (κ1) is 20.2. The molecule has 0 saturated carbocycles. The van der Waals surface area contributed by atoms with E-state index in [1.165, 1.54) is 0 Å². The van der Waals surface area contributed by atoms with E-state index in [9.17, 15) is 4.79 Å². The minimum absolute atomic E-state index is 0.116. The van der Waals surface area contributed by atoms with Gasteiger partial charge in [-0.1, -0.05) is 42.5 Å². The van der Waals surface area contributed by atoms with Gasteiger partial charge in [0, 0.05) is 23.0 Å². The summed E-state index contributed by atoms with van der Waals surface area (Å²) in [5.74, 6) is 0.340. The zero-order chi connectivity index (χ0) is 21.6. The molecule has 0 saturated heterocycles. The molecule has 0 aliphatic heterocycles. The normalized spacial score (nSPS) is 10.6. The number of methoxy groups -OCH3 is 1. The molecule has 156 valence electrons. The number of carbonyl (C=O) groups is 1. The summed E-state index contributed by atoms with van der Waals surface area (Å²) in [5, 5.41) is 6.84. The Hall–Kier alpha value is -4.07. The number of rotatable bonds is 7. The van der Waals surface area contributed by atoms with Crippen LogP contribution in [0.4, 0.5) is 5.69 Å². The number of ether oxygens (including phenoxy) is 1. The summed E-state index contributed by atoms with van der Waals surface area (Å²) >= 11 is 0. The molecule has 0 aliphatic carbocycles. The molecule has 0 atom stereocenters. The fourth-order valence-corrected chi connectivity index (χ4v) is 3.16. The van der Waals surface area contributed by atoms with Gasteiger partial charge in [-0.05, 0) is 29.3 Å². The van der Waals surface area contributed by atoms with Crippen molar-refractivity contribution in [2.24, 2.45) is 0 Å². The monoisotopic (exact) mass is 416 g/mol. The molecule has 8 nitrogen and oxygen atoms in total. The number of carbonyl (C=O) groups excluding carboxylic acids is 1. The summed E-state index contributed by atoms with van der Waals surface area (Å²) in [6.07, 6.45) is 3.61. The molecule has 4 rings (SSSR count). The Kier molecular flexibility index (Phi) is 5.98. The molecule has 31 heavy (non-hydrogen) atoms. The average molecular weight is 416 g/mol. The standard InChI is InChI=1S/C23H21N5O3/c1-16-21(13-24-23(25-16)30-2)18-10-8-17(9-11-18)14-28-15-20(31-27-28)12-22(29)26-19-6-4-3-5-7-19/h3-11,13,15H,12,14H2,1-2H3/p+1. The van der Waals surface area contributed by atoms with Crippen LogP contribution in [-0.2, 0) is 17.8 Å². The van der Waals surface area contributed by atoms with Crippen LogP contribution in [0.25, 0.3) is 11.1 Å². The average Bonchev–Trinajstić information content (AvgIpc) is 3.21. The predicted octanol–water partition coefficient (Wildman–Crippen LogP) is 2.97. The van der Waals surface area contributed by atoms with Crippen LogP contribution in [0.15, 0.2) is 71.5 Å². The largest absolute Gasteiger partial charge is 0.467 e. The van der Waals surface area contributed by atoms with Crippen LogP contribution < -0.4 is 14.7 Å². The molecule has 0 radical (unpaired) electrons. The molecule has 0 aliphatic rings. The maximum Gasteiger partial charge on any atom is 0.316 e. The maximum absolute atomic E-state index is 12.2. The van der Waals surface area contributed by atoms with Gasteiger partial charge in [-0.15, -0.1) is 0 Å². The lowest BCUT2D eigenvalue weighted by molar-refractivity contribution is -0.754. The molecule has 0 fully saturated rings. The fraction of sp³-hybridized carbons (Fsp3) is 0.174. The minimum Gasteiger partial charge on any atom is -0.467 e. The molecular weight excluding hydrogens is 394 g/mol. The molecule has 2 aromatic carbocycles. The molecule has 4 aromatic rings. The number of para-hydroxylation sites is 1. The number of amides is 1. The van der Waals surface area contributed by atoms with E-state index in [0.717, 1.165) is 28.1 Å². The lowest BCUT2D eigenvalue weighted by Gasteiger charge is -2.06. The van der Waals surface area contributed by atoms with Crippen molar-refractivity contribution in [3.05, 3.63) is 84.0 Å². The van der Waals surface area contributed by atoms with Crippen molar-refractivity contribution in [1.82, 2.24) is 15.2 Å². The number of nitrogens with one attached hydrogen (secondary N) is 1. The SMILES string of the molecule is COc1ncc(-c2ccc(C[n+]3cc(CC(=O)Nc4ccccc4)on3)cc2)c(C)n1. The van der Waals surface area contributed by atoms with Gasteiger partial charge < -0.3 is 14.6 Å². The van der Waals surface area contributed by atoms with E-state index in [2.05, 4.69) is 20.6 Å². The first-order valence-electron chi connectivity index (χ1n) is 9.78. The number of nitrogens with zero attached hydrogens (tertiary/aromatic N) is 4. The third kappa shape index (κ3) is 5.11. The Bertz CT molecular complexity index is 1170. The second-order valence-electron chi connectivity index (χ2n) is 7.01. The molecule has 0 unspecified atom stereocenters. The van der Waals surface area contributed by atoms with E-state index in [1.54, 1.807) is 24.2 Å². The summed E-state index contributed by atoms with van der Waals surface area (Å²) in [7, 11) is 1.55. The van der Waals surface area contributed by atoms with Gasteiger partial charge in [0.2, 0.25) is 24.4 Å². The molecule has 2 aromatic heterocycles. The van der Waals surface area contributed by atoms with Crippen LogP contribution in [0.5, 0.6) is 6.01 Å². The van der Waals surface area contributed by atoms with Gasteiger partial charge >= 0.3 is 6.01 Å². The van der Waals surface area contributed by atoms with Gasteiger partial charge in [0.05, 0.1) is 19.2 Å². The van der Waals surface area contributed by atoms with Crippen molar-refractivity contribution < 1.29 is 18.7 Å². The van der Waals surface area contributed by atoms with E-state index < -0.39 is 0 Å². The molecule has 2 heterocycles. The smallest absolute Gasteiger partial charge is 0.316 e. The number of hydrogen-bond acceptors (Lipinski definition) is 6. The van der Waals surface area contributed by atoms with Crippen LogP contribution in [-0.4, -0.2) is 28.3 Å². The molecule has 8 heteroatoms. The Morgan fingerprint density at radius 2 is 1.90 bits per heavy atom. The zero-order valence-electron chi connectivity index (χ0n) is 17.3. The quantitative estimate of drug-likeness (QED) is 0.466. The van der Waals surface area contributed by atoms with Crippen LogP contribution in [0.3, 0.4) is 0 Å². The van der Waals surface area contributed by atoms with Crippen molar-refractivity contribution in [1.29, 1.82) is 0 Å². The molecule has 0 bridgehead atoms. The van der Waals surface area contributed by atoms with Crippen molar-refractivity contribution >= 4 is 11.6 Å². The highest BCUT2D eigenvalue weighted by Crippen LogP contribution is 2.23. The first-order valence-corrected chi connectivity index (χ1v) is 9.78. The van der Waals surface area contributed by atoms with Crippen molar-refractivity contribution in [2.45, 2.75) is 19.9 Å². The van der Waals surface area contributed by atoms with Crippen LogP contribution >= 0.6 is 0 Å². The van der Waals surface area contributed by atoms with Gasteiger partial charge in [0.25, 0.3) is 0 Å². The summed E-state index contributed by atoms with van der Waals surface area (Å²) < 4.78 is 12.0. The van der Waals surface area contributed by atoms with E-state index in [4.69, 9.17) is 9.26 Å². The highest BCUT2D eigenvalue weighted by atomic mass is 16.5. The van der Waals surface area contributed by atoms with Crippen LogP contribution in [0, 0.1) is 6.92 Å². The Labute approximate surface area is 179 Å². The van der Waals surface area contributed by atoms with Gasteiger partial charge in [-0.2, -0.15) is 4.98 Å². The Morgan fingerprint density at radius 3 is 2.61 bits per heavy atom. The second kappa shape index (κ2) is 9.17. The van der Waals surface area contributed by atoms with Gasteiger partial charge in [-0.3, -0.25) is 4.79 Å². The summed E-state index contributed by atoms with van der Waals surface area (Å²) in [6, 6.07) is 17.7. The van der Waals surface area contributed by atoms with Gasteiger partial charge in [-0.25, -0.2) is 4.98 Å². The molecular formula is C23H22N5O3+. The number of aromatic nitrogens is 4. The highest BCUT2D eigenvalue weighted by Gasteiger charge is 2.16. The number of benzene rings is 2. The molecule has 0 spiro atoms.